The Kier molecular flexibility index (Phi) is 5.88. The van der Waals surface area contributed by atoms with E-state index in [1.807, 2.05) is 13.8 Å². The zero-order chi connectivity index (χ0) is 12.8. The Morgan fingerprint density at radius 2 is 2.41 bits per heavy atom. The van der Waals surface area contributed by atoms with Crippen molar-refractivity contribution in [3.8, 4) is 0 Å². The number of nitrogens with zero attached hydrogens (tertiary/aromatic N) is 1. The average molecular weight is 277 g/mol. The molecule has 0 unspecified atom stereocenters. The Bertz CT molecular complexity index is 370. The first-order chi connectivity index (χ1) is 8.08. The summed E-state index contributed by atoms with van der Waals surface area (Å²) in [5.41, 5.74) is 0. The molecule has 1 aromatic heterocycles. The number of carbonyl (C=O) groups is 1. The summed E-state index contributed by atoms with van der Waals surface area (Å²) >= 11 is 7.20. The van der Waals surface area contributed by atoms with Gasteiger partial charge in [-0.25, -0.2) is 4.98 Å². The number of hydrogen-bond acceptors (Lipinski definition) is 5. The Balaban J connectivity index is 2.57. The molecule has 4 nitrogen and oxygen atoms in total. The van der Waals surface area contributed by atoms with E-state index in [1.165, 1.54) is 18.4 Å². The number of esters is 1. The summed E-state index contributed by atoms with van der Waals surface area (Å²) in [6.45, 7) is 4.59. The normalized spacial score (nSPS) is 14.4. The molecule has 0 bridgehead atoms. The van der Waals surface area contributed by atoms with Crippen LogP contribution in [0, 0.1) is 5.92 Å². The van der Waals surface area contributed by atoms with Gasteiger partial charge in [0.2, 0.25) is 0 Å². The van der Waals surface area contributed by atoms with E-state index in [2.05, 4.69) is 10.3 Å². The molecule has 0 aliphatic heterocycles. The smallest absolute Gasteiger partial charge is 0.323 e. The molecule has 1 aromatic rings. The van der Waals surface area contributed by atoms with Gasteiger partial charge in [0.15, 0.2) is 0 Å². The third-order valence-corrected chi connectivity index (χ3v) is 3.78. The molecule has 0 radical (unpaired) electrons. The highest BCUT2D eigenvalue weighted by Crippen LogP contribution is 2.18. The van der Waals surface area contributed by atoms with Gasteiger partial charge in [0, 0.05) is 6.54 Å². The highest BCUT2D eigenvalue weighted by molar-refractivity contribution is 7.15. The van der Waals surface area contributed by atoms with Crippen molar-refractivity contribution in [2.24, 2.45) is 5.92 Å². The average Bonchev–Trinajstić information content (AvgIpc) is 2.74. The second-order valence-electron chi connectivity index (χ2n) is 3.83. The zero-order valence-electron chi connectivity index (χ0n) is 10.2. The monoisotopic (exact) mass is 276 g/mol. The van der Waals surface area contributed by atoms with Crippen molar-refractivity contribution in [1.29, 1.82) is 0 Å². The lowest BCUT2D eigenvalue weighted by Crippen LogP contribution is -2.42. The van der Waals surface area contributed by atoms with Gasteiger partial charge in [0.25, 0.3) is 0 Å². The van der Waals surface area contributed by atoms with Gasteiger partial charge in [-0.15, -0.1) is 11.3 Å². The number of nitrogens with one attached hydrogen (secondary N) is 1. The number of aromatic nitrogens is 1. The standard InChI is InChI=1S/C11H17ClN2O2S/c1-4-7(2)10(11(15)16-3)14-6-9-13-5-8(12)17-9/h5,7,10,14H,4,6H2,1-3H3/t7-,10-/m0/s1. The number of methoxy groups -OCH3 is 1. The molecule has 0 fully saturated rings. The van der Waals surface area contributed by atoms with Crippen molar-refractivity contribution in [2.75, 3.05) is 7.11 Å². The van der Waals surface area contributed by atoms with Crippen molar-refractivity contribution >= 4 is 28.9 Å². The van der Waals surface area contributed by atoms with Gasteiger partial charge in [-0.3, -0.25) is 10.1 Å². The summed E-state index contributed by atoms with van der Waals surface area (Å²) in [5, 5.41) is 4.03. The number of hydrogen-bond donors (Lipinski definition) is 1. The fourth-order valence-electron chi connectivity index (χ4n) is 1.45. The van der Waals surface area contributed by atoms with Crippen LogP contribution < -0.4 is 5.32 Å². The summed E-state index contributed by atoms with van der Waals surface area (Å²) in [6, 6.07) is -0.298. The molecule has 1 heterocycles. The quantitative estimate of drug-likeness (QED) is 0.811. The van der Waals surface area contributed by atoms with E-state index in [1.54, 1.807) is 6.20 Å². The number of halogens is 1. The van der Waals surface area contributed by atoms with Gasteiger partial charge < -0.3 is 4.74 Å². The largest absolute Gasteiger partial charge is 0.468 e. The summed E-state index contributed by atoms with van der Waals surface area (Å²) in [6.07, 6.45) is 2.52. The van der Waals surface area contributed by atoms with Gasteiger partial charge in [-0.1, -0.05) is 31.9 Å². The molecule has 0 saturated heterocycles. The van der Waals surface area contributed by atoms with Crippen molar-refractivity contribution in [1.82, 2.24) is 10.3 Å². The highest BCUT2D eigenvalue weighted by atomic mass is 35.5. The number of thiazole rings is 1. The van der Waals surface area contributed by atoms with Gasteiger partial charge in [-0.05, 0) is 5.92 Å². The molecule has 0 spiro atoms. The van der Waals surface area contributed by atoms with Crippen LogP contribution in [0.2, 0.25) is 4.34 Å². The molecule has 96 valence electrons. The van der Waals surface area contributed by atoms with E-state index >= 15 is 0 Å². The molecule has 0 saturated carbocycles. The molecule has 2 atom stereocenters. The lowest BCUT2D eigenvalue weighted by atomic mass is 9.99. The molecular weight excluding hydrogens is 260 g/mol. The Hall–Kier alpha value is -0.650. The van der Waals surface area contributed by atoms with Crippen LogP contribution in [0.3, 0.4) is 0 Å². The van der Waals surface area contributed by atoms with Gasteiger partial charge >= 0.3 is 5.97 Å². The molecule has 0 amide bonds. The first kappa shape index (κ1) is 14.4. The molecular formula is C11H17ClN2O2S. The minimum Gasteiger partial charge on any atom is -0.468 e. The number of ether oxygens (including phenoxy) is 1. The van der Waals surface area contributed by atoms with E-state index in [9.17, 15) is 4.79 Å². The minimum atomic E-state index is -0.298. The van der Waals surface area contributed by atoms with Crippen molar-refractivity contribution < 1.29 is 9.53 Å². The lowest BCUT2D eigenvalue weighted by molar-refractivity contribution is -0.144. The predicted molar refractivity (Wildman–Crippen MR) is 69.2 cm³/mol. The zero-order valence-corrected chi connectivity index (χ0v) is 11.8. The third kappa shape index (κ3) is 4.26. The van der Waals surface area contributed by atoms with Crippen LogP contribution in [-0.2, 0) is 16.1 Å². The third-order valence-electron chi connectivity index (χ3n) is 2.67. The van der Waals surface area contributed by atoms with Gasteiger partial charge in [0.05, 0.1) is 13.3 Å². The summed E-state index contributed by atoms with van der Waals surface area (Å²) in [4.78, 5) is 15.7. The Labute approximate surface area is 110 Å². The fourth-order valence-corrected chi connectivity index (χ4v) is 2.35. The first-order valence-corrected chi connectivity index (χ1v) is 6.69. The van der Waals surface area contributed by atoms with Crippen molar-refractivity contribution in [3.63, 3.8) is 0 Å². The van der Waals surface area contributed by atoms with E-state index in [0.717, 1.165) is 11.4 Å². The van der Waals surface area contributed by atoms with Crippen LogP contribution in [0.15, 0.2) is 6.20 Å². The second kappa shape index (κ2) is 6.93. The van der Waals surface area contributed by atoms with Crippen molar-refractivity contribution in [3.05, 3.63) is 15.5 Å². The summed E-state index contributed by atoms with van der Waals surface area (Å²) in [7, 11) is 1.40. The van der Waals surface area contributed by atoms with Crippen LogP contribution in [0.25, 0.3) is 0 Å². The maximum atomic E-state index is 11.6. The molecule has 17 heavy (non-hydrogen) atoms. The maximum Gasteiger partial charge on any atom is 0.323 e. The molecule has 0 aliphatic rings. The molecule has 1 N–H and O–H groups in total. The Morgan fingerprint density at radius 1 is 1.71 bits per heavy atom. The van der Waals surface area contributed by atoms with Gasteiger partial charge in [0.1, 0.15) is 15.4 Å². The van der Waals surface area contributed by atoms with E-state index in [-0.39, 0.29) is 17.9 Å². The van der Waals surface area contributed by atoms with Crippen LogP contribution in [0.5, 0.6) is 0 Å². The Morgan fingerprint density at radius 3 is 2.88 bits per heavy atom. The van der Waals surface area contributed by atoms with Crippen LogP contribution >= 0.6 is 22.9 Å². The predicted octanol–water partition coefficient (Wildman–Crippen LogP) is 2.47. The minimum absolute atomic E-state index is 0.220. The van der Waals surface area contributed by atoms with Crippen LogP contribution in [0.4, 0.5) is 0 Å². The van der Waals surface area contributed by atoms with Crippen molar-refractivity contribution in [2.45, 2.75) is 32.9 Å². The van der Waals surface area contributed by atoms with Crippen LogP contribution in [-0.4, -0.2) is 24.1 Å². The second-order valence-corrected chi connectivity index (χ2v) is 5.57. The molecule has 0 aromatic carbocycles. The van der Waals surface area contributed by atoms with Gasteiger partial charge in [-0.2, -0.15) is 0 Å². The SMILES string of the molecule is CC[C@H](C)[C@H](NCc1ncc(Cl)s1)C(=O)OC. The number of rotatable bonds is 6. The molecule has 1 rings (SSSR count). The van der Waals surface area contributed by atoms with E-state index < -0.39 is 0 Å². The van der Waals surface area contributed by atoms with E-state index in [4.69, 9.17) is 16.3 Å². The van der Waals surface area contributed by atoms with Crippen LogP contribution in [0.1, 0.15) is 25.3 Å². The fraction of sp³-hybridized carbons (Fsp3) is 0.636. The van der Waals surface area contributed by atoms with E-state index in [0.29, 0.717) is 10.9 Å². The first-order valence-electron chi connectivity index (χ1n) is 5.49. The topological polar surface area (TPSA) is 51.2 Å². The summed E-state index contributed by atoms with van der Waals surface area (Å²) in [5.74, 6) is -0.0140. The highest BCUT2D eigenvalue weighted by Gasteiger charge is 2.24. The maximum absolute atomic E-state index is 11.6. The lowest BCUT2D eigenvalue weighted by Gasteiger charge is -2.21. The number of carbonyl (C=O) groups excluding carboxylic acids is 1. The molecule has 6 heteroatoms. The molecule has 0 aliphatic carbocycles. The summed E-state index contributed by atoms with van der Waals surface area (Å²) < 4.78 is 5.44.